The first-order valence-corrected chi connectivity index (χ1v) is 9.49. The van der Waals surface area contributed by atoms with Gasteiger partial charge in [0, 0.05) is 12.0 Å². The Kier molecular flexibility index (Phi) is 7.33. The van der Waals surface area contributed by atoms with Gasteiger partial charge in [-0.1, -0.05) is 20.3 Å². The lowest BCUT2D eigenvalue weighted by Gasteiger charge is -2.20. The normalized spacial score (nSPS) is 12.6. The summed E-state index contributed by atoms with van der Waals surface area (Å²) in [5, 5.41) is 12.6. The van der Waals surface area contributed by atoms with E-state index in [-0.39, 0.29) is 11.9 Å². The van der Waals surface area contributed by atoms with Crippen molar-refractivity contribution in [2.75, 3.05) is 6.61 Å². The number of tetrazole rings is 1. The van der Waals surface area contributed by atoms with E-state index in [0.717, 1.165) is 30.8 Å². The van der Waals surface area contributed by atoms with Crippen LogP contribution in [0.25, 0.3) is 11.4 Å². The summed E-state index contributed by atoms with van der Waals surface area (Å²) < 4.78 is 11.0. The maximum atomic E-state index is 11.9. The smallest absolute Gasteiger partial charge is 0.306 e. The van der Waals surface area contributed by atoms with Crippen molar-refractivity contribution >= 4 is 5.97 Å². The SMILES string of the molecule is CCCCOc1ccc(-c2nnn(C[C@H](C)CC(=O)OC(C)(C)C)n2)cc1. The van der Waals surface area contributed by atoms with Gasteiger partial charge in [0.1, 0.15) is 11.4 Å². The molecular formula is C20H30N4O3. The molecule has 0 aliphatic rings. The summed E-state index contributed by atoms with van der Waals surface area (Å²) in [4.78, 5) is 13.4. The van der Waals surface area contributed by atoms with Crippen LogP contribution in [0.1, 0.15) is 53.9 Å². The Labute approximate surface area is 161 Å². The molecule has 1 aromatic heterocycles. The zero-order valence-corrected chi connectivity index (χ0v) is 16.9. The Hall–Kier alpha value is -2.44. The third-order valence-corrected chi connectivity index (χ3v) is 3.74. The van der Waals surface area contributed by atoms with Gasteiger partial charge in [-0.2, -0.15) is 4.80 Å². The Morgan fingerprint density at radius 3 is 2.56 bits per heavy atom. The Morgan fingerprint density at radius 1 is 1.22 bits per heavy atom. The van der Waals surface area contributed by atoms with Crippen molar-refractivity contribution in [1.29, 1.82) is 0 Å². The van der Waals surface area contributed by atoms with Gasteiger partial charge in [-0.05, 0) is 62.6 Å². The van der Waals surface area contributed by atoms with Crippen molar-refractivity contribution < 1.29 is 14.3 Å². The molecule has 0 aliphatic carbocycles. The summed E-state index contributed by atoms with van der Waals surface area (Å²) in [6, 6.07) is 7.67. The monoisotopic (exact) mass is 374 g/mol. The van der Waals surface area contributed by atoms with Crippen molar-refractivity contribution in [2.45, 2.75) is 66.0 Å². The minimum Gasteiger partial charge on any atom is -0.494 e. The highest BCUT2D eigenvalue weighted by Gasteiger charge is 2.19. The number of hydrogen-bond donors (Lipinski definition) is 0. The van der Waals surface area contributed by atoms with Crippen LogP contribution in [0.4, 0.5) is 0 Å². The molecule has 0 unspecified atom stereocenters. The second kappa shape index (κ2) is 9.48. The van der Waals surface area contributed by atoms with Gasteiger partial charge in [0.15, 0.2) is 0 Å². The van der Waals surface area contributed by atoms with E-state index < -0.39 is 5.60 Å². The number of ether oxygens (including phenoxy) is 2. The molecule has 0 aliphatic heterocycles. The van der Waals surface area contributed by atoms with Gasteiger partial charge in [-0.25, -0.2) is 0 Å². The lowest BCUT2D eigenvalue weighted by molar-refractivity contribution is -0.155. The molecule has 7 nitrogen and oxygen atoms in total. The molecular weight excluding hydrogens is 344 g/mol. The molecule has 0 amide bonds. The van der Waals surface area contributed by atoms with E-state index in [0.29, 0.717) is 18.8 Å². The highest BCUT2D eigenvalue weighted by atomic mass is 16.6. The molecule has 1 atom stereocenters. The number of carbonyl (C=O) groups excluding carboxylic acids is 1. The van der Waals surface area contributed by atoms with Gasteiger partial charge in [0.2, 0.25) is 5.82 Å². The number of rotatable bonds is 9. The van der Waals surface area contributed by atoms with Gasteiger partial charge in [-0.3, -0.25) is 4.79 Å². The van der Waals surface area contributed by atoms with Gasteiger partial charge >= 0.3 is 5.97 Å². The van der Waals surface area contributed by atoms with E-state index >= 15 is 0 Å². The molecule has 27 heavy (non-hydrogen) atoms. The average Bonchev–Trinajstić information content (AvgIpc) is 3.02. The highest BCUT2D eigenvalue weighted by molar-refractivity contribution is 5.70. The maximum Gasteiger partial charge on any atom is 0.306 e. The second-order valence-electron chi connectivity index (χ2n) is 7.79. The predicted octanol–water partition coefficient (Wildman–Crippen LogP) is 3.89. The molecule has 0 N–H and O–H groups in total. The Bertz CT molecular complexity index is 720. The summed E-state index contributed by atoms with van der Waals surface area (Å²) >= 11 is 0. The number of unbranched alkanes of at least 4 members (excludes halogenated alkanes) is 1. The van der Waals surface area contributed by atoms with Crippen LogP contribution in [0.3, 0.4) is 0 Å². The summed E-state index contributed by atoms with van der Waals surface area (Å²) in [7, 11) is 0. The van der Waals surface area contributed by atoms with E-state index in [4.69, 9.17) is 9.47 Å². The molecule has 7 heteroatoms. The van der Waals surface area contributed by atoms with Crippen LogP contribution < -0.4 is 4.74 Å². The maximum absolute atomic E-state index is 11.9. The Balaban J connectivity index is 1.89. The van der Waals surface area contributed by atoms with Crippen LogP contribution in [-0.4, -0.2) is 38.4 Å². The third-order valence-electron chi connectivity index (χ3n) is 3.74. The van der Waals surface area contributed by atoms with Crippen molar-refractivity contribution in [3.8, 4) is 17.1 Å². The largest absolute Gasteiger partial charge is 0.494 e. The van der Waals surface area contributed by atoms with E-state index in [1.807, 2.05) is 52.0 Å². The van der Waals surface area contributed by atoms with E-state index in [1.165, 1.54) is 4.80 Å². The van der Waals surface area contributed by atoms with Gasteiger partial charge < -0.3 is 9.47 Å². The number of esters is 1. The minimum absolute atomic E-state index is 0.0521. The summed E-state index contributed by atoms with van der Waals surface area (Å²) in [6.45, 7) is 10.9. The van der Waals surface area contributed by atoms with Crippen LogP contribution in [-0.2, 0) is 16.1 Å². The molecule has 0 fully saturated rings. The molecule has 0 bridgehead atoms. The molecule has 148 valence electrons. The number of benzene rings is 1. The Morgan fingerprint density at radius 2 is 1.93 bits per heavy atom. The molecule has 1 aromatic carbocycles. The van der Waals surface area contributed by atoms with Crippen LogP contribution in [0.5, 0.6) is 5.75 Å². The van der Waals surface area contributed by atoms with Gasteiger partial charge in [0.25, 0.3) is 0 Å². The first-order chi connectivity index (χ1) is 12.8. The minimum atomic E-state index is -0.470. The van der Waals surface area contributed by atoms with Crippen molar-refractivity contribution in [3.63, 3.8) is 0 Å². The zero-order chi connectivity index (χ0) is 19.9. The molecule has 0 spiro atoms. The fourth-order valence-corrected chi connectivity index (χ4v) is 2.48. The summed E-state index contributed by atoms with van der Waals surface area (Å²) in [5.74, 6) is 1.23. The summed E-state index contributed by atoms with van der Waals surface area (Å²) in [6.07, 6.45) is 2.47. The number of nitrogens with zero attached hydrogens (tertiary/aromatic N) is 4. The molecule has 0 saturated carbocycles. The number of carbonyl (C=O) groups is 1. The molecule has 2 rings (SSSR count). The van der Waals surface area contributed by atoms with Crippen molar-refractivity contribution in [2.24, 2.45) is 5.92 Å². The van der Waals surface area contributed by atoms with Gasteiger partial charge in [0.05, 0.1) is 13.2 Å². The number of aromatic nitrogens is 4. The lowest BCUT2D eigenvalue weighted by atomic mass is 10.1. The zero-order valence-electron chi connectivity index (χ0n) is 16.9. The predicted molar refractivity (Wildman–Crippen MR) is 103 cm³/mol. The highest BCUT2D eigenvalue weighted by Crippen LogP contribution is 2.19. The molecule has 2 aromatic rings. The van der Waals surface area contributed by atoms with Crippen molar-refractivity contribution in [1.82, 2.24) is 20.2 Å². The first-order valence-electron chi connectivity index (χ1n) is 9.49. The standard InChI is InChI=1S/C20H30N4O3/c1-6-7-12-26-17-10-8-16(9-11-17)19-21-23-24(22-19)14-15(2)13-18(25)27-20(3,4)5/h8-11,15H,6-7,12-14H2,1-5H3/t15-/m1/s1. The fraction of sp³-hybridized carbons (Fsp3) is 0.600. The van der Waals surface area contributed by atoms with Crippen LogP contribution >= 0.6 is 0 Å². The summed E-state index contributed by atoms with van der Waals surface area (Å²) in [5.41, 5.74) is 0.408. The number of hydrogen-bond acceptors (Lipinski definition) is 6. The fourth-order valence-electron chi connectivity index (χ4n) is 2.48. The van der Waals surface area contributed by atoms with Crippen molar-refractivity contribution in [3.05, 3.63) is 24.3 Å². The molecule has 1 heterocycles. The van der Waals surface area contributed by atoms with Crippen LogP contribution in [0.2, 0.25) is 0 Å². The van der Waals surface area contributed by atoms with Crippen LogP contribution in [0.15, 0.2) is 24.3 Å². The molecule has 0 radical (unpaired) electrons. The second-order valence-corrected chi connectivity index (χ2v) is 7.79. The quantitative estimate of drug-likeness (QED) is 0.489. The third kappa shape index (κ3) is 7.37. The van der Waals surface area contributed by atoms with E-state index in [1.54, 1.807) is 0 Å². The first kappa shape index (κ1) is 20.9. The molecule has 0 saturated heterocycles. The van der Waals surface area contributed by atoms with Gasteiger partial charge in [-0.15, -0.1) is 10.2 Å². The van der Waals surface area contributed by atoms with Crippen LogP contribution in [0, 0.1) is 5.92 Å². The van der Waals surface area contributed by atoms with E-state index in [2.05, 4.69) is 22.3 Å². The average molecular weight is 374 g/mol. The van der Waals surface area contributed by atoms with E-state index in [9.17, 15) is 4.79 Å². The lowest BCUT2D eigenvalue weighted by Crippen LogP contribution is -2.25. The topological polar surface area (TPSA) is 79.1 Å².